The highest BCUT2D eigenvalue weighted by Gasteiger charge is 2.38. The van der Waals surface area contributed by atoms with Gasteiger partial charge in [-0.15, -0.1) is 0 Å². The molecule has 0 unspecified atom stereocenters. The Morgan fingerprint density at radius 1 is 1.06 bits per heavy atom. The fourth-order valence-corrected chi connectivity index (χ4v) is 5.46. The van der Waals surface area contributed by atoms with Crippen LogP contribution in [0.1, 0.15) is 31.9 Å². The van der Waals surface area contributed by atoms with E-state index in [-0.39, 0.29) is 30.0 Å². The second-order valence-corrected chi connectivity index (χ2v) is 11.7. The van der Waals surface area contributed by atoms with Crippen LogP contribution in [0, 0.1) is 6.92 Å². The predicted octanol–water partition coefficient (Wildman–Crippen LogP) is 4.44. The minimum atomic E-state index is -3.92. The molecule has 36 heavy (non-hydrogen) atoms. The van der Waals surface area contributed by atoms with Crippen LogP contribution in [0.25, 0.3) is 0 Å². The number of hydrogen-bond donors (Lipinski definition) is 1. The Bertz CT molecular complexity index is 1330. The Labute approximate surface area is 213 Å². The van der Waals surface area contributed by atoms with E-state index >= 15 is 0 Å². The number of carbonyl (C=O) groups is 1. The number of anilines is 1. The first-order valence-corrected chi connectivity index (χ1v) is 13.4. The summed E-state index contributed by atoms with van der Waals surface area (Å²) in [5, 5.41) is 2.81. The zero-order chi connectivity index (χ0) is 25.9. The standard InChI is InChI=1S/C28H32N2O5S/c1-20-10-8-9-13-24(20)34-17-16-29-27(31)26-19-30(36(32,33)22-11-6-5-7-12-22)23-18-21(28(2,3)4)14-15-25(23)35-26/h5-15,18,26H,16-17,19H2,1-4H3,(H,29,31)/t26-/m0/s1. The molecule has 0 aliphatic carbocycles. The average Bonchev–Trinajstić information content (AvgIpc) is 2.86. The topological polar surface area (TPSA) is 84.9 Å². The first-order chi connectivity index (χ1) is 17.1. The lowest BCUT2D eigenvalue weighted by Gasteiger charge is -2.36. The highest BCUT2D eigenvalue weighted by atomic mass is 32.2. The van der Waals surface area contributed by atoms with E-state index in [4.69, 9.17) is 9.47 Å². The molecule has 3 aromatic rings. The van der Waals surface area contributed by atoms with Gasteiger partial charge in [-0.1, -0.05) is 63.2 Å². The van der Waals surface area contributed by atoms with E-state index in [2.05, 4.69) is 26.1 Å². The molecule has 1 aliphatic rings. The van der Waals surface area contributed by atoms with Crippen molar-refractivity contribution in [3.63, 3.8) is 0 Å². The van der Waals surface area contributed by atoms with Crippen molar-refractivity contribution in [1.29, 1.82) is 0 Å². The van der Waals surface area contributed by atoms with Gasteiger partial charge in [0.1, 0.15) is 18.1 Å². The zero-order valence-electron chi connectivity index (χ0n) is 21.0. The molecule has 0 saturated carbocycles. The fourth-order valence-electron chi connectivity index (χ4n) is 3.97. The van der Waals surface area contributed by atoms with Crippen LogP contribution in [0.15, 0.2) is 77.7 Å². The molecular weight excluding hydrogens is 476 g/mol. The van der Waals surface area contributed by atoms with Crippen LogP contribution in [0.2, 0.25) is 0 Å². The number of ether oxygens (including phenoxy) is 2. The molecule has 0 aromatic heterocycles. The summed E-state index contributed by atoms with van der Waals surface area (Å²) in [7, 11) is -3.92. The number of carbonyl (C=O) groups excluding carboxylic acids is 1. The van der Waals surface area contributed by atoms with Crippen LogP contribution in [-0.2, 0) is 20.2 Å². The predicted molar refractivity (Wildman–Crippen MR) is 140 cm³/mol. The maximum Gasteiger partial charge on any atom is 0.264 e. The SMILES string of the molecule is Cc1ccccc1OCCNC(=O)[C@@H]1CN(S(=O)(=O)c2ccccc2)c2cc(C(C)(C)C)ccc2O1. The summed E-state index contributed by atoms with van der Waals surface area (Å²) < 4.78 is 40.3. The number of benzene rings is 3. The Morgan fingerprint density at radius 3 is 2.44 bits per heavy atom. The third-order valence-electron chi connectivity index (χ3n) is 6.07. The van der Waals surface area contributed by atoms with Crippen LogP contribution < -0.4 is 19.1 Å². The van der Waals surface area contributed by atoms with Gasteiger partial charge in [0.25, 0.3) is 15.9 Å². The van der Waals surface area contributed by atoms with Crippen LogP contribution in [0.3, 0.4) is 0 Å². The molecule has 1 heterocycles. The van der Waals surface area contributed by atoms with Gasteiger partial charge < -0.3 is 14.8 Å². The average molecular weight is 509 g/mol. The van der Waals surface area contributed by atoms with Gasteiger partial charge >= 0.3 is 0 Å². The smallest absolute Gasteiger partial charge is 0.264 e. The number of hydrogen-bond acceptors (Lipinski definition) is 5. The maximum atomic E-state index is 13.6. The van der Waals surface area contributed by atoms with Crippen LogP contribution in [0.4, 0.5) is 5.69 Å². The Morgan fingerprint density at radius 2 is 1.75 bits per heavy atom. The maximum absolute atomic E-state index is 13.6. The normalized spacial score (nSPS) is 15.6. The second-order valence-electron chi connectivity index (χ2n) is 9.79. The van der Waals surface area contributed by atoms with E-state index in [0.29, 0.717) is 11.4 Å². The number of aryl methyl sites for hydroxylation is 1. The summed E-state index contributed by atoms with van der Waals surface area (Å²) >= 11 is 0. The minimum absolute atomic E-state index is 0.137. The molecule has 0 radical (unpaired) electrons. The molecule has 4 rings (SSSR count). The monoisotopic (exact) mass is 508 g/mol. The molecule has 1 aliphatic heterocycles. The van der Waals surface area contributed by atoms with Crippen molar-refractivity contribution in [3.8, 4) is 11.5 Å². The van der Waals surface area contributed by atoms with Crippen LogP contribution >= 0.6 is 0 Å². The summed E-state index contributed by atoms with van der Waals surface area (Å²) in [6.07, 6.45) is -1.00. The molecule has 0 bridgehead atoms. The van der Waals surface area contributed by atoms with Gasteiger partial charge in [0, 0.05) is 0 Å². The molecule has 0 fully saturated rings. The van der Waals surface area contributed by atoms with E-state index in [9.17, 15) is 13.2 Å². The largest absolute Gasteiger partial charge is 0.491 e. The van der Waals surface area contributed by atoms with Crippen molar-refractivity contribution in [2.24, 2.45) is 0 Å². The fraction of sp³-hybridized carbons (Fsp3) is 0.321. The number of nitrogens with one attached hydrogen (secondary N) is 1. The van der Waals surface area contributed by atoms with E-state index in [1.807, 2.05) is 43.3 Å². The molecule has 8 heteroatoms. The molecule has 190 valence electrons. The van der Waals surface area contributed by atoms with E-state index in [1.54, 1.807) is 36.4 Å². The number of nitrogens with zero attached hydrogens (tertiary/aromatic N) is 1. The quantitative estimate of drug-likeness (QED) is 0.477. The molecule has 3 aromatic carbocycles. The molecular formula is C28H32N2O5S. The third-order valence-corrected chi connectivity index (χ3v) is 7.86. The molecule has 0 saturated heterocycles. The second kappa shape index (κ2) is 10.2. The van der Waals surface area contributed by atoms with E-state index in [0.717, 1.165) is 16.9 Å². The van der Waals surface area contributed by atoms with E-state index in [1.165, 1.54) is 4.31 Å². The van der Waals surface area contributed by atoms with Crippen molar-refractivity contribution in [2.75, 3.05) is 24.0 Å². The van der Waals surface area contributed by atoms with Crippen molar-refractivity contribution < 1.29 is 22.7 Å². The molecule has 1 amide bonds. The minimum Gasteiger partial charge on any atom is -0.491 e. The van der Waals surface area contributed by atoms with Gasteiger partial charge in [-0.25, -0.2) is 8.42 Å². The first kappa shape index (κ1) is 25.6. The van der Waals surface area contributed by atoms with Gasteiger partial charge in [-0.2, -0.15) is 0 Å². The van der Waals surface area contributed by atoms with Crippen molar-refractivity contribution in [1.82, 2.24) is 5.32 Å². The van der Waals surface area contributed by atoms with Gasteiger partial charge in [-0.05, 0) is 53.8 Å². The van der Waals surface area contributed by atoms with Crippen molar-refractivity contribution >= 4 is 21.6 Å². The summed E-state index contributed by atoms with van der Waals surface area (Å²) in [5.74, 6) is 0.705. The van der Waals surface area contributed by atoms with Gasteiger partial charge in [-0.3, -0.25) is 9.10 Å². The summed E-state index contributed by atoms with van der Waals surface area (Å²) in [6.45, 7) is 8.53. The Hall–Kier alpha value is -3.52. The lowest BCUT2D eigenvalue weighted by Crippen LogP contribution is -2.51. The van der Waals surface area contributed by atoms with Gasteiger partial charge in [0.05, 0.1) is 23.7 Å². The molecule has 7 nitrogen and oxygen atoms in total. The number of sulfonamides is 1. The number of para-hydroxylation sites is 1. The van der Waals surface area contributed by atoms with E-state index < -0.39 is 22.0 Å². The number of amides is 1. The summed E-state index contributed by atoms with van der Waals surface area (Å²) in [5.41, 5.74) is 2.21. The summed E-state index contributed by atoms with van der Waals surface area (Å²) in [6, 6.07) is 21.3. The molecule has 1 N–H and O–H groups in total. The zero-order valence-corrected chi connectivity index (χ0v) is 21.8. The Kier molecular flexibility index (Phi) is 7.26. The van der Waals surface area contributed by atoms with Crippen molar-refractivity contribution in [2.45, 2.75) is 44.1 Å². The number of fused-ring (bicyclic) bond motifs is 1. The summed E-state index contributed by atoms with van der Waals surface area (Å²) in [4.78, 5) is 13.2. The molecule has 0 spiro atoms. The van der Waals surface area contributed by atoms with Crippen LogP contribution in [0.5, 0.6) is 11.5 Å². The highest BCUT2D eigenvalue weighted by Crippen LogP contribution is 2.40. The van der Waals surface area contributed by atoms with Crippen molar-refractivity contribution in [3.05, 3.63) is 83.9 Å². The highest BCUT2D eigenvalue weighted by molar-refractivity contribution is 7.92. The Balaban J connectivity index is 1.55. The lowest BCUT2D eigenvalue weighted by molar-refractivity contribution is -0.127. The lowest BCUT2D eigenvalue weighted by atomic mass is 9.86. The van der Waals surface area contributed by atoms with Gasteiger partial charge in [0.15, 0.2) is 6.10 Å². The molecule has 1 atom stereocenters. The first-order valence-electron chi connectivity index (χ1n) is 11.9. The number of rotatable bonds is 7. The third kappa shape index (κ3) is 5.49. The van der Waals surface area contributed by atoms with Gasteiger partial charge in [0.2, 0.25) is 0 Å². The van der Waals surface area contributed by atoms with Crippen LogP contribution in [-0.4, -0.2) is 40.1 Å².